The van der Waals surface area contributed by atoms with Gasteiger partial charge in [0.05, 0.1) is 5.41 Å². The Morgan fingerprint density at radius 1 is 1.32 bits per heavy atom. The highest BCUT2D eigenvalue weighted by Gasteiger charge is 2.56. The van der Waals surface area contributed by atoms with E-state index in [1.165, 1.54) is 0 Å². The molecule has 2 atom stereocenters. The molecule has 1 aliphatic rings. The minimum Gasteiger partial charge on any atom is -0.426 e. The molecule has 0 unspecified atom stereocenters. The van der Waals surface area contributed by atoms with Gasteiger partial charge in [0.15, 0.2) is 0 Å². The van der Waals surface area contributed by atoms with Crippen LogP contribution < -0.4 is 4.74 Å². The molecule has 1 saturated carbocycles. The summed E-state index contributed by atoms with van der Waals surface area (Å²) in [6, 6.07) is 9.33. The molecular weight excluding hydrogens is 304 g/mol. The minimum absolute atomic E-state index is 0.0532. The van der Waals surface area contributed by atoms with Crippen molar-refractivity contribution in [1.29, 1.82) is 0 Å². The number of alkyl halides is 1. The Kier molecular flexibility index (Phi) is 4.05. The van der Waals surface area contributed by atoms with Gasteiger partial charge in [-0.15, -0.1) is 0 Å². The normalized spacial score (nSPS) is 29.2. The monoisotopic (exact) mass is 324 g/mol. The van der Waals surface area contributed by atoms with E-state index >= 15 is 0 Å². The summed E-state index contributed by atoms with van der Waals surface area (Å²) in [7, 11) is 0. The molecule has 0 N–H and O–H groups in total. The lowest BCUT2D eigenvalue weighted by atomic mass is 9.66. The lowest BCUT2D eigenvalue weighted by Gasteiger charge is -2.39. The summed E-state index contributed by atoms with van der Waals surface area (Å²) in [6.45, 7) is 6.40. The Hall–Kier alpha value is -0.830. The maximum Gasteiger partial charge on any atom is 0.317 e. The Morgan fingerprint density at radius 2 is 1.95 bits per heavy atom. The van der Waals surface area contributed by atoms with Crippen LogP contribution in [0.5, 0.6) is 5.75 Å². The molecule has 0 bridgehead atoms. The van der Waals surface area contributed by atoms with Crippen LogP contribution in [-0.2, 0) is 4.79 Å². The Bertz CT molecular complexity index is 455. The largest absolute Gasteiger partial charge is 0.426 e. The van der Waals surface area contributed by atoms with Crippen molar-refractivity contribution in [2.75, 3.05) is 5.33 Å². The van der Waals surface area contributed by atoms with Crippen molar-refractivity contribution < 1.29 is 9.53 Å². The van der Waals surface area contributed by atoms with E-state index in [-0.39, 0.29) is 11.4 Å². The van der Waals surface area contributed by atoms with Gasteiger partial charge in [0.2, 0.25) is 0 Å². The number of ether oxygens (including phenoxy) is 1. The predicted molar refractivity (Wildman–Crippen MR) is 80.5 cm³/mol. The van der Waals surface area contributed by atoms with Crippen LogP contribution in [0.2, 0.25) is 0 Å². The molecule has 0 amide bonds. The number of hydrogen-bond donors (Lipinski definition) is 0. The summed E-state index contributed by atoms with van der Waals surface area (Å²) < 4.78 is 5.58. The third-order valence-electron chi connectivity index (χ3n) is 5.03. The average Bonchev–Trinajstić information content (AvgIpc) is 2.62. The van der Waals surface area contributed by atoms with Crippen molar-refractivity contribution in [3.8, 4) is 5.75 Å². The molecule has 0 spiro atoms. The second-order valence-corrected chi connectivity index (χ2v) is 6.79. The number of carbonyl (C=O) groups excluding carboxylic acids is 1. The van der Waals surface area contributed by atoms with E-state index in [9.17, 15) is 4.79 Å². The van der Waals surface area contributed by atoms with Crippen LogP contribution in [0.25, 0.3) is 0 Å². The maximum atomic E-state index is 12.6. The molecule has 104 valence electrons. The SMILES string of the molecule is CC1(C)[C@@H](CBr)CC[C@@]1(C)C(=O)Oc1ccccc1. The van der Waals surface area contributed by atoms with Gasteiger partial charge >= 0.3 is 5.97 Å². The number of para-hydroxylation sites is 1. The molecule has 3 heteroatoms. The van der Waals surface area contributed by atoms with Gasteiger partial charge in [0.25, 0.3) is 0 Å². The van der Waals surface area contributed by atoms with Gasteiger partial charge in [-0.1, -0.05) is 48.0 Å². The summed E-state index contributed by atoms with van der Waals surface area (Å²) >= 11 is 3.57. The highest BCUT2D eigenvalue weighted by molar-refractivity contribution is 9.09. The van der Waals surface area contributed by atoms with E-state index < -0.39 is 5.41 Å². The van der Waals surface area contributed by atoms with Gasteiger partial charge in [-0.3, -0.25) is 4.79 Å². The van der Waals surface area contributed by atoms with E-state index in [2.05, 4.69) is 29.8 Å². The second kappa shape index (κ2) is 5.28. The highest BCUT2D eigenvalue weighted by Crippen LogP contribution is 2.56. The second-order valence-electron chi connectivity index (χ2n) is 6.15. The first-order valence-electron chi connectivity index (χ1n) is 6.75. The van der Waals surface area contributed by atoms with Gasteiger partial charge in [-0.2, -0.15) is 0 Å². The Balaban J connectivity index is 2.19. The third-order valence-corrected chi connectivity index (χ3v) is 5.81. The summed E-state index contributed by atoms with van der Waals surface area (Å²) in [6.07, 6.45) is 1.96. The van der Waals surface area contributed by atoms with E-state index in [1.807, 2.05) is 37.3 Å². The molecule has 1 aliphatic carbocycles. The Morgan fingerprint density at radius 3 is 2.47 bits per heavy atom. The van der Waals surface area contributed by atoms with E-state index in [1.54, 1.807) is 0 Å². The fourth-order valence-corrected chi connectivity index (χ4v) is 4.07. The smallest absolute Gasteiger partial charge is 0.317 e. The van der Waals surface area contributed by atoms with Crippen LogP contribution in [-0.4, -0.2) is 11.3 Å². The number of carbonyl (C=O) groups is 1. The maximum absolute atomic E-state index is 12.6. The molecule has 0 radical (unpaired) electrons. The van der Waals surface area contributed by atoms with Gasteiger partial charge in [0.1, 0.15) is 5.75 Å². The van der Waals surface area contributed by atoms with Crippen molar-refractivity contribution in [2.24, 2.45) is 16.7 Å². The predicted octanol–water partition coefficient (Wildman–Crippen LogP) is 4.43. The van der Waals surface area contributed by atoms with Gasteiger partial charge in [-0.25, -0.2) is 0 Å². The van der Waals surface area contributed by atoms with Crippen LogP contribution in [0.4, 0.5) is 0 Å². The average molecular weight is 325 g/mol. The van der Waals surface area contributed by atoms with E-state index in [0.29, 0.717) is 11.7 Å². The third kappa shape index (κ3) is 2.45. The molecular formula is C16H21BrO2. The summed E-state index contributed by atoms with van der Waals surface area (Å²) in [5.41, 5.74) is -0.469. The standard InChI is InChI=1S/C16H21BrO2/c1-15(2)12(11-17)9-10-16(15,3)14(18)19-13-7-5-4-6-8-13/h4-8,12H,9-11H2,1-3H3/t12-,16+/m1/s1. The zero-order chi connectivity index (χ0) is 14.1. The van der Waals surface area contributed by atoms with Gasteiger partial charge in [0, 0.05) is 5.33 Å². The van der Waals surface area contributed by atoms with Crippen LogP contribution >= 0.6 is 15.9 Å². The van der Waals surface area contributed by atoms with Crippen molar-refractivity contribution in [3.63, 3.8) is 0 Å². The number of hydrogen-bond acceptors (Lipinski definition) is 2. The molecule has 2 rings (SSSR count). The van der Waals surface area contributed by atoms with Crippen LogP contribution in [0, 0.1) is 16.7 Å². The van der Waals surface area contributed by atoms with Crippen molar-refractivity contribution >= 4 is 21.9 Å². The van der Waals surface area contributed by atoms with Crippen molar-refractivity contribution in [1.82, 2.24) is 0 Å². The molecule has 1 aromatic carbocycles. The molecule has 0 heterocycles. The molecule has 0 aliphatic heterocycles. The first kappa shape index (κ1) is 14.6. The van der Waals surface area contributed by atoms with Crippen molar-refractivity contribution in [3.05, 3.63) is 30.3 Å². The van der Waals surface area contributed by atoms with Crippen molar-refractivity contribution in [2.45, 2.75) is 33.6 Å². The molecule has 19 heavy (non-hydrogen) atoms. The van der Waals surface area contributed by atoms with Gasteiger partial charge < -0.3 is 4.74 Å². The summed E-state index contributed by atoms with van der Waals surface area (Å²) in [4.78, 5) is 12.6. The van der Waals surface area contributed by atoms with Gasteiger partial charge in [-0.05, 0) is 43.2 Å². The fraction of sp³-hybridized carbons (Fsp3) is 0.562. The molecule has 1 aromatic rings. The molecule has 0 aromatic heterocycles. The first-order valence-corrected chi connectivity index (χ1v) is 7.87. The fourth-order valence-electron chi connectivity index (χ4n) is 2.94. The quantitative estimate of drug-likeness (QED) is 0.467. The zero-order valence-corrected chi connectivity index (χ0v) is 13.4. The number of rotatable bonds is 3. The number of halogens is 1. The highest BCUT2D eigenvalue weighted by atomic mass is 79.9. The summed E-state index contributed by atoms with van der Waals surface area (Å²) in [5, 5.41) is 0.939. The lowest BCUT2D eigenvalue weighted by molar-refractivity contribution is -0.151. The number of esters is 1. The number of benzene rings is 1. The van der Waals surface area contributed by atoms with E-state index in [4.69, 9.17) is 4.74 Å². The van der Waals surface area contributed by atoms with Crippen LogP contribution in [0.15, 0.2) is 30.3 Å². The van der Waals surface area contributed by atoms with E-state index in [0.717, 1.165) is 18.2 Å². The zero-order valence-electron chi connectivity index (χ0n) is 11.8. The molecule has 0 saturated heterocycles. The van der Waals surface area contributed by atoms with Crippen LogP contribution in [0.3, 0.4) is 0 Å². The minimum atomic E-state index is -0.415. The summed E-state index contributed by atoms with van der Waals surface area (Å²) in [5.74, 6) is 1.04. The first-order chi connectivity index (χ1) is 8.91. The molecule has 2 nitrogen and oxygen atoms in total. The Labute approximate surface area is 123 Å². The van der Waals surface area contributed by atoms with Crippen LogP contribution in [0.1, 0.15) is 33.6 Å². The lowest BCUT2D eigenvalue weighted by Crippen LogP contribution is -2.43. The molecule has 1 fully saturated rings. The topological polar surface area (TPSA) is 26.3 Å².